The highest BCUT2D eigenvalue weighted by Gasteiger charge is 2.31. The molecule has 1 aromatic carbocycles. The minimum atomic E-state index is -0.277. The van der Waals surface area contributed by atoms with Crippen LogP contribution in [0, 0.1) is 5.82 Å². The Morgan fingerprint density at radius 3 is 3.00 bits per heavy atom. The van der Waals surface area contributed by atoms with Crippen LogP contribution in [0.25, 0.3) is 0 Å². The minimum Gasteiger partial charge on any atom is -0.366 e. The third kappa shape index (κ3) is 2.02. The van der Waals surface area contributed by atoms with Crippen LogP contribution in [0.3, 0.4) is 0 Å². The van der Waals surface area contributed by atoms with Crippen molar-refractivity contribution in [2.24, 2.45) is 0 Å². The fourth-order valence-corrected chi connectivity index (χ4v) is 3.12. The van der Waals surface area contributed by atoms with Crippen LogP contribution in [0.5, 0.6) is 0 Å². The lowest BCUT2D eigenvalue weighted by Gasteiger charge is -2.38. The van der Waals surface area contributed by atoms with Gasteiger partial charge in [-0.1, -0.05) is 17.7 Å². The van der Waals surface area contributed by atoms with Crippen LogP contribution in [0.1, 0.15) is 12.8 Å². The summed E-state index contributed by atoms with van der Waals surface area (Å²) in [5.74, 6) is -0.277. The molecule has 3 rings (SSSR count). The van der Waals surface area contributed by atoms with Gasteiger partial charge in [-0.15, -0.1) is 0 Å². The van der Waals surface area contributed by atoms with Gasteiger partial charge in [0.1, 0.15) is 0 Å². The summed E-state index contributed by atoms with van der Waals surface area (Å²) < 4.78 is 13.9. The molecule has 2 fully saturated rings. The predicted octanol–water partition coefficient (Wildman–Crippen LogP) is 2.76. The lowest BCUT2D eigenvalue weighted by atomic mass is 10.1. The van der Waals surface area contributed by atoms with Crippen LogP contribution in [-0.2, 0) is 0 Å². The molecule has 2 saturated heterocycles. The second-order valence-electron chi connectivity index (χ2n) is 4.85. The molecule has 0 aromatic heterocycles. The highest BCUT2D eigenvalue weighted by molar-refractivity contribution is 6.31. The maximum atomic E-state index is 13.9. The average Bonchev–Trinajstić information content (AvgIpc) is 2.79. The van der Waals surface area contributed by atoms with Gasteiger partial charge in [-0.2, -0.15) is 0 Å². The molecule has 0 saturated carbocycles. The van der Waals surface area contributed by atoms with Gasteiger partial charge in [0, 0.05) is 25.7 Å². The van der Waals surface area contributed by atoms with Crippen molar-refractivity contribution in [2.45, 2.75) is 18.9 Å². The van der Waals surface area contributed by atoms with E-state index in [0.717, 1.165) is 19.6 Å². The van der Waals surface area contributed by atoms with E-state index in [1.54, 1.807) is 6.07 Å². The molecule has 1 atom stereocenters. The molecule has 0 amide bonds. The molecule has 2 nitrogen and oxygen atoms in total. The summed E-state index contributed by atoms with van der Waals surface area (Å²) in [6.45, 7) is 4.07. The summed E-state index contributed by atoms with van der Waals surface area (Å²) in [5, 5.41) is 0.219. The van der Waals surface area contributed by atoms with Crippen molar-refractivity contribution in [1.29, 1.82) is 0 Å². The molecule has 2 heterocycles. The van der Waals surface area contributed by atoms with Crippen LogP contribution in [0.2, 0.25) is 5.02 Å². The molecule has 17 heavy (non-hydrogen) atoms. The van der Waals surface area contributed by atoms with Crippen molar-refractivity contribution in [1.82, 2.24) is 4.90 Å². The van der Waals surface area contributed by atoms with E-state index < -0.39 is 0 Å². The zero-order valence-electron chi connectivity index (χ0n) is 9.70. The lowest BCUT2D eigenvalue weighted by Crippen LogP contribution is -2.50. The van der Waals surface area contributed by atoms with Crippen molar-refractivity contribution in [3.05, 3.63) is 29.0 Å². The molecule has 0 N–H and O–H groups in total. The number of anilines is 1. The van der Waals surface area contributed by atoms with Gasteiger partial charge in [0.15, 0.2) is 5.82 Å². The predicted molar refractivity (Wildman–Crippen MR) is 68.2 cm³/mol. The topological polar surface area (TPSA) is 6.48 Å². The van der Waals surface area contributed by atoms with E-state index in [2.05, 4.69) is 9.80 Å². The van der Waals surface area contributed by atoms with E-state index in [0.29, 0.717) is 11.7 Å². The van der Waals surface area contributed by atoms with Crippen LogP contribution in [0.15, 0.2) is 18.2 Å². The van der Waals surface area contributed by atoms with Crippen molar-refractivity contribution in [3.63, 3.8) is 0 Å². The largest absolute Gasteiger partial charge is 0.366 e. The molecule has 0 aliphatic carbocycles. The van der Waals surface area contributed by atoms with Crippen molar-refractivity contribution < 1.29 is 4.39 Å². The molecule has 2 aliphatic heterocycles. The summed E-state index contributed by atoms with van der Waals surface area (Å²) in [7, 11) is 0. The normalized spacial score (nSPS) is 25.1. The molecule has 2 aliphatic rings. The summed E-state index contributed by atoms with van der Waals surface area (Å²) in [4.78, 5) is 4.65. The molecule has 4 heteroatoms. The van der Waals surface area contributed by atoms with Crippen LogP contribution in [0.4, 0.5) is 10.1 Å². The number of hydrogen-bond acceptors (Lipinski definition) is 2. The van der Waals surface area contributed by atoms with Gasteiger partial charge < -0.3 is 4.90 Å². The van der Waals surface area contributed by atoms with E-state index in [4.69, 9.17) is 11.6 Å². The maximum Gasteiger partial charge on any atom is 0.165 e. The third-order valence-corrected chi connectivity index (χ3v) is 4.15. The second-order valence-corrected chi connectivity index (χ2v) is 5.26. The summed E-state index contributed by atoms with van der Waals surface area (Å²) in [6, 6.07) is 5.85. The van der Waals surface area contributed by atoms with E-state index >= 15 is 0 Å². The summed E-state index contributed by atoms with van der Waals surface area (Å²) in [6.07, 6.45) is 2.51. The first kappa shape index (κ1) is 11.3. The first-order valence-corrected chi connectivity index (χ1v) is 6.56. The molecule has 92 valence electrons. The van der Waals surface area contributed by atoms with Gasteiger partial charge in [-0.25, -0.2) is 4.39 Å². The Bertz CT molecular complexity index is 424. The molecular formula is C13H16ClFN2. The number of fused-ring (bicyclic) bond motifs is 1. The average molecular weight is 255 g/mol. The Balaban J connectivity index is 1.82. The van der Waals surface area contributed by atoms with Crippen molar-refractivity contribution in [2.75, 3.05) is 31.1 Å². The third-order valence-electron chi connectivity index (χ3n) is 3.86. The molecule has 1 unspecified atom stereocenters. The number of hydrogen-bond donors (Lipinski definition) is 0. The highest BCUT2D eigenvalue weighted by Crippen LogP contribution is 2.29. The Morgan fingerprint density at radius 1 is 1.24 bits per heavy atom. The summed E-state index contributed by atoms with van der Waals surface area (Å²) in [5.41, 5.74) is 0.657. The van der Waals surface area contributed by atoms with Gasteiger partial charge in [-0.05, 0) is 31.5 Å². The van der Waals surface area contributed by atoms with Crippen LogP contribution in [-0.4, -0.2) is 37.1 Å². The number of nitrogens with zero attached hydrogens (tertiary/aromatic N) is 2. The smallest absolute Gasteiger partial charge is 0.165 e. The maximum absolute atomic E-state index is 13.9. The van der Waals surface area contributed by atoms with E-state index in [1.807, 2.05) is 12.1 Å². The quantitative estimate of drug-likeness (QED) is 0.760. The van der Waals surface area contributed by atoms with Gasteiger partial charge in [0.05, 0.1) is 10.7 Å². The monoisotopic (exact) mass is 254 g/mol. The van der Waals surface area contributed by atoms with Crippen LogP contribution < -0.4 is 4.90 Å². The fourth-order valence-electron chi connectivity index (χ4n) is 2.95. The lowest BCUT2D eigenvalue weighted by molar-refractivity contribution is 0.230. The van der Waals surface area contributed by atoms with Crippen LogP contribution >= 0.6 is 11.6 Å². The molecule has 1 aromatic rings. The zero-order chi connectivity index (χ0) is 11.8. The SMILES string of the molecule is Fc1c(Cl)cccc1N1CCN2CCCC2C1. The molecule has 0 bridgehead atoms. The van der Waals surface area contributed by atoms with E-state index in [1.165, 1.54) is 19.4 Å². The minimum absolute atomic E-state index is 0.219. The van der Waals surface area contributed by atoms with Crippen molar-refractivity contribution in [3.8, 4) is 0 Å². The number of rotatable bonds is 1. The first-order chi connectivity index (χ1) is 8.25. The Hall–Kier alpha value is -0.800. The number of benzene rings is 1. The van der Waals surface area contributed by atoms with Gasteiger partial charge in [-0.3, -0.25) is 4.90 Å². The highest BCUT2D eigenvalue weighted by atomic mass is 35.5. The fraction of sp³-hybridized carbons (Fsp3) is 0.538. The Kier molecular flexibility index (Phi) is 2.97. The second kappa shape index (κ2) is 4.46. The summed E-state index contributed by atoms with van der Waals surface area (Å²) >= 11 is 5.83. The molecule has 0 radical (unpaired) electrons. The molecule has 0 spiro atoms. The number of piperazine rings is 1. The number of halogens is 2. The zero-order valence-corrected chi connectivity index (χ0v) is 10.5. The standard InChI is InChI=1S/C13H16ClFN2/c14-11-4-1-5-12(13(11)15)17-8-7-16-6-2-3-10(16)9-17/h1,4-5,10H,2-3,6-9H2. The Labute approximate surface area is 106 Å². The Morgan fingerprint density at radius 2 is 2.12 bits per heavy atom. The first-order valence-electron chi connectivity index (χ1n) is 6.19. The van der Waals surface area contributed by atoms with E-state index in [9.17, 15) is 4.39 Å². The van der Waals surface area contributed by atoms with E-state index in [-0.39, 0.29) is 10.8 Å². The van der Waals surface area contributed by atoms with Gasteiger partial charge in [0.25, 0.3) is 0 Å². The van der Waals surface area contributed by atoms with Gasteiger partial charge >= 0.3 is 0 Å². The van der Waals surface area contributed by atoms with Crippen molar-refractivity contribution >= 4 is 17.3 Å². The van der Waals surface area contributed by atoms with Gasteiger partial charge in [0.2, 0.25) is 0 Å². The molecular weight excluding hydrogens is 239 g/mol.